The number of benzene rings is 1. The molecule has 1 aromatic carbocycles. The Morgan fingerprint density at radius 3 is 2.30 bits per heavy atom. The van der Waals surface area contributed by atoms with Crippen LogP contribution in [0.4, 0.5) is 5.69 Å². The lowest BCUT2D eigenvalue weighted by Gasteiger charge is -2.23. The largest absolute Gasteiger partial charge is 0.354 e. The molecular formula is C17H28N2O3S. The van der Waals surface area contributed by atoms with Gasteiger partial charge in [0.05, 0.1) is 18.5 Å². The second kappa shape index (κ2) is 8.91. The van der Waals surface area contributed by atoms with Crippen molar-refractivity contribution in [3.05, 3.63) is 29.8 Å². The van der Waals surface area contributed by atoms with Gasteiger partial charge < -0.3 is 5.32 Å². The van der Waals surface area contributed by atoms with Crippen LogP contribution in [0.25, 0.3) is 0 Å². The molecule has 0 aliphatic carbocycles. The minimum atomic E-state index is -3.38. The zero-order valence-corrected chi connectivity index (χ0v) is 15.3. The van der Waals surface area contributed by atoms with Crippen LogP contribution >= 0.6 is 0 Å². The van der Waals surface area contributed by atoms with Gasteiger partial charge in [0.15, 0.2) is 0 Å². The molecule has 0 unspecified atom stereocenters. The highest BCUT2D eigenvalue weighted by Crippen LogP contribution is 2.21. The Morgan fingerprint density at radius 2 is 1.83 bits per heavy atom. The van der Waals surface area contributed by atoms with Crippen molar-refractivity contribution in [2.24, 2.45) is 0 Å². The molecule has 0 fully saturated rings. The zero-order chi connectivity index (χ0) is 17.5. The van der Waals surface area contributed by atoms with Gasteiger partial charge in [0.2, 0.25) is 15.9 Å². The number of carbonyl (C=O) groups excluding carboxylic acids is 1. The number of rotatable bonds is 9. The molecule has 0 aromatic heterocycles. The fraction of sp³-hybridized carbons (Fsp3) is 0.588. The molecule has 0 atom stereocenters. The number of anilines is 1. The Labute approximate surface area is 140 Å². The number of hydrogen-bond acceptors (Lipinski definition) is 3. The molecule has 0 aliphatic rings. The second-order valence-corrected chi connectivity index (χ2v) is 7.94. The maximum atomic E-state index is 12.0. The molecule has 0 heterocycles. The third kappa shape index (κ3) is 6.60. The Hall–Kier alpha value is -1.56. The molecule has 0 saturated heterocycles. The number of amides is 1. The molecule has 0 bridgehead atoms. The third-order valence-corrected chi connectivity index (χ3v) is 4.84. The molecule has 1 amide bonds. The lowest BCUT2D eigenvalue weighted by molar-refractivity contribution is -0.121. The molecule has 1 aromatic rings. The number of nitrogens with zero attached hydrogens (tertiary/aromatic N) is 1. The summed E-state index contributed by atoms with van der Waals surface area (Å²) in [4.78, 5) is 11.6. The van der Waals surface area contributed by atoms with Crippen LogP contribution in [0.5, 0.6) is 0 Å². The molecular weight excluding hydrogens is 312 g/mol. The van der Waals surface area contributed by atoms with E-state index in [2.05, 4.69) is 19.2 Å². The van der Waals surface area contributed by atoms with Crippen LogP contribution in [0.3, 0.4) is 0 Å². The third-order valence-electron chi connectivity index (χ3n) is 3.64. The van der Waals surface area contributed by atoms with Gasteiger partial charge in [0, 0.05) is 13.0 Å². The van der Waals surface area contributed by atoms with Crippen LogP contribution < -0.4 is 9.62 Å². The van der Waals surface area contributed by atoms with Crippen molar-refractivity contribution in [3.8, 4) is 0 Å². The summed E-state index contributed by atoms with van der Waals surface area (Å²) in [7, 11) is -3.38. The van der Waals surface area contributed by atoms with E-state index in [1.807, 2.05) is 31.2 Å². The summed E-state index contributed by atoms with van der Waals surface area (Å²) >= 11 is 0. The van der Waals surface area contributed by atoms with E-state index in [1.54, 1.807) is 0 Å². The highest BCUT2D eigenvalue weighted by molar-refractivity contribution is 7.92. The maximum Gasteiger partial charge on any atom is 0.232 e. The van der Waals surface area contributed by atoms with Crippen molar-refractivity contribution in [1.29, 1.82) is 0 Å². The average Bonchev–Trinajstić information content (AvgIpc) is 2.48. The average molecular weight is 340 g/mol. The number of nitrogens with one attached hydrogen (secondary N) is 1. The summed E-state index contributed by atoms with van der Waals surface area (Å²) in [6.07, 6.45) is 3.48. The van der Waals surface area contributed by atoms with Crippen molar-refractivity contribution in [3.63, 3.8) is 0 Å². The summed E-state index contributed by atoms with van der Waals surface area (Å²) in [6, 6.07) is 7.51. The van der Waals surface area contributed by atoms with E-state index in [0.29, 0.717) is 24.6 Å². The van der Waals surface area contributed by atoms with E-state index in [-0.39, 0.29) is 12.5 Å². The van der Waals surface area contributed by atoms with Crippen LogP contribution in [0.2, 0.25) is 0 Å². The first kappa shape index (κ1) is 19.5. The molecule has 0 aliphatic heterocycles. The van der Waals surface area contributed by atoms with Gasteiger partial charge in [-0.1, -0.05) is 39.3 Å². The van der Waals surface area contributed by atoms with E-state index in [4.69, 9.17) is 0 Å². The minimum absolute atomic E-state index is 0.0320. The van der Waals surface area contributed by atoms with Gasteiger partial charge in [-0.25, -0.2) is 8.42 Å². The Morgan fingerprint density at radius 1 is 1.22 bits per heavy atom. The van der Waals surface area contributed by atoms with Gasteiger partial charge in [-0.15, -0.1) is 0 Å². The summed E-state index contributed by atoms with van der Waals surface area (Å²) in [5.41, 5.74) is 1.79. The van der Waals surface area contributed by atoms with Crippen LogP contribution in [0.1, 0.15) is 51.5 Å². The van der Waals surface area contributed by atoms with Crippen LogP contribution in [-0.2, 0) is 14.8 Å². The highest BCUT2D eigenvalue weighted by Gasteiger charge is 2.17. The van der Waals surface area contributed by atoms with Gasteiger partial charge in [-0.3, -0.25) is 9.10 Å². The maximum absolute atomic E-state index is 12.0. The van der Waals surface area contributed by atoms with Crippen LogP contribution in [0.15, 0.2) is 24.3 Å². The van der Waals surface area contributed by atoms with Crippen molar-refractivity contribution >= 4 is 21.6 Å². The Kier molecular flexibility index (Phi) is 7.55. The molecule has 1 rings (SSSR count). The van der Waals surface area contributed by atoms with E-state index < -0.39 is 10.0 Å². The number of carbonyl (C=O) groups is 1. The van der Waals surface area contributed by atoms with E-state index in [9.17, 15) is 13.2 Å². The number of unbranched alkanes of at least 4 members (excludes halogenated alkanes) is 1. The fourth-order valence-electron chi connectivity index (χ4n) is 2.23. The van der Waals surface area contributed by atoms with Gasteiger partial charge in [-0.2, -0.15) is 0 Å². The predicted octanol–water partition coefficient (Wildman–Crippen LogP) is 2.88. The minimum Gasteiger partial charge on any atom is -0.354 e. The topological polar surface area (TPSA) is 66.5 Å². The summed E-state index contributed by atoms with van der Waals surface area (Å²) in [5, 5.41) is 2.77. The number of hydrogen-bond donors (Lipinski definition) is 1. The normalized spacial score (nSPS) is 11.5. The molecule has 130 valence electrons. The smallest absolute Gasteiger partial charge is 0.232 e. The van der Waals surface area contributed by atoms with Gasteiger partial charge in [0.25, 0.3) is 0 Å². The van der Waals surface area contributed by atoms with Gasteiger partial charge in [-0.05, 0) is 30.0 Å². The van der Waals surface area contributed by atoms with Gasteiger partial charge >= 0.3 is 0 Å². The number of sulfonamides is 1. The Bertz CT molecular complexity index is 595. The monoisotopic (exact) mass is 340 g/mol. The van der Waals surface area contributed by atoms with Crippen molar-refractivity contribution < 1.29 is 13.2 Å². The zero-order valence-electron chi connectivity index (χ0n) is 14.5. The molecule has 0 radical (unpaired) electrons. The van der Waals surface area contributed by atoms with Crippen molar-refractivity contribution in [1.82, 2.24) is 5.32 Å². The first-order chi connectivity index (χ1) is 10.8. The molecule has 0 saturated carbocycles. The molecule has 0 spiro atoms. The SMILES string of the molecule is CCCCC(=O)NCCN(c1ccc(C(C)C)cc1)S(C)(=O)=O. The van der Waals surface area contributed by atoms with Crippen molar-refractivity contribution in [2.45, 2.75) is 46.0 Å². The lowest BCUT2D eigenvalue weighted by atomic mass is 10.0. The first-order valence-electron chi connectivity index (χ1n) is 8.10. The molecule has 1 N–H and O–H groups in total. The molecule has 23 heavy (non-hydrogen) atoms. The van der Waals surface area contributed by atoms with E-state index >= 15 is 0 Å². The van der Waals surface area contributed by atoms with Gasteiger partial charge in [0.1, 0.15) is 0 Å². The predicted molar refractivity (Wildman–Crippen MR) is 95.3 cm³/mol. The van der Waals surface area contributed by atoms with E-state index in [0.717, 1.165) is 18.4 Å². The quantitative estimate of drug-likeness (QED) is 0.751. The molecule has 5 nitrogen and oxygen atoms in total. The molecule has 6 heteroatoms. The van der Waals surface area contributed by atoms with Crippen LogP contribution in [0, 0.1) is 0 Å². The summed E-state index contributed by atoms with van der Waals surface area (Å²) in [6.45, 7) is 6.75. The summed E-state index contributed by atoms with van der Waals surface area (Å²) in [5.74, 6) is 0.365. The van der Waals surface area contributed by atoms with Crippen molar-refractivity contribution in [2.75, 3.05) is 23.7 Å². The second-order valence-electron chi connectivity index (χ2n) is 6.03. The Balaban J connectivity index is 2.72. The lowest BCUT2D eigenvalue weighted by Crippen LogP contribution is -2.38. The first-order valence-corrected chi connectivity index (χ1v) is 9.95. The van der Waals surface area contributed by atoms with E-state index in [1.165, 1.54) is 10.6 Å². The van der Waals surface area contributed by atoms with Crippen LogP contribution in [-0.4, -0.2) is 33.7 Å². The fourth-order valence-corrected chi connectivity index (χ4v) is 3.16. The summed E-state index contributed by atoms with van der Waals surface area (Å²) < 4.78 is 25.4. The standard InChI is InChI=1S/C17H28N2O3S/c1-5-6-7-17(20)18-12-13-19(23(4,21)22)16-10-8-15(9-11-16)14(2)3/h8-11,14H,5-7,12-13H2,1-4H3,(H,18,20). The highest BCUT2D eigenvalue weighted by atomic mass is 32.2.